The van der Waals surface area contributed by atoms with E-state index in [-0.39, 0.29) is 6.54 Å². The van der Waals surface area contributed by atoms with Gasteiger partial charge in [0.1, 0.15) is 0 Å². The van der Waals surface area contributed by atoms with E-state index in [2.05, 4.69) is 19.6 Å². The fraction of sp³-hybridized carbons (Fsp3) is 0.692. The topological polar surface area (TPSA) is 78.4 Å². The highest BCUT2D eigenvalue weighted by Gasteiger charge is 2.16. The third-order valence-corrected chi connectivity index (χ3v) is 4.92. The lowest BCUT2D eigenvalue weighted by Gasteiger charge is -2.27. The van der Waals surface area contributed by atoms with E-state index in [0.717, 1.165) is 35.9 Å². The molecule has 0 atom stereocenters. The standard InChI is InChI=1S/C13H23N5O2S/c1-11-9-12(10-14-21(19,20)17(2)3)16-13(15-11)18-7-5-4-6-8-18/h9,14H,4-8,10H2,1-3H3. The van der Waals surface area contributed by atoms with Gasteiger partial charge < -0.3 is 4.90 Å². The first-order valence-electron chi connectivity index (χ1n) is 7.15. The van der Waals surface area contributed by atoms with Crippen LogP contribution in [0.5, 0.6) is 0 Å². The van der Waals surface area contributed by atoms with Crippen molar-refractivity contribution in [3.63, 3.8) is 0 Å². The van der Waals surface area contributed by atoms with E-state index in [0.29, 0.717) is 11.6 Å². The molecule has 0 unspecified atom stereocenters. The Balaban J connectivity index is 2.11. The van der Waals surface area contributed by atoms with Crippen molar-refractivity contribution in [1.82, 2.24) is 19.0 Å². The molecular weight excluding hydrogens is 290 g/mol. The minimum atomic E-state index is -3.44. The Morgan fingerprint density at radius 3 is 2.52 bits per heavy atom. The van der Waals surface area contributed by atoms with E-state index in [9.17, 15) is 8.42 Å². The normalized spacial score (nSPS) is 16.5. The third kappa shape index (κ3) is 4.36. The Kier molecular flexibility index (Phi) is 5.13. The second kappa shape index (κ2) is 6.67. The fourth-order valence-corrected chi connectivity index (χ4v) is 2.83. The summed E-state index contributed by atoms with van der Waals surface area (Å²) in [5.74, 6) is 0.703. The van der Waals surface area contributed by atoms with Gasteiger partial charge in [0.25, 0.3) is 10.2 Å². The van der Waals surface area contributed by atoms with Crippen LogP contribution in [0.3, 0.4) is 0 Å². The predicted molar refractivity (Wildman–Crippen MR) is 82.3 cm³/mol. The van der Waals surface area contributed by atoms with Gasteiger partial charge >= 0.3 is 0 Å². The van der Waals surface area contributed by atoms with Crippen molar-refractivity contribution in [2.24, 2.45) is 0 Å². The molecule has 0 saturated carbocycles. The van der Waals surface area contributed by atoms with Gasteiger partial charge in [0, 0.05) is 32.9 Å². The van der Waals surface area contributed by atoms with Gasteiger partial charge in [-0.2, -0.15) is 17.4 Å². The maximum absolute atomic E-state index is 11.7. The van der Waals surface area contributed by atoms with Crippen LogP contribution >= 0.6 is 0 Å². The molecular formula is C13H23N5O2S. The van der Waals surface area contributed by atoms with Crippen molar-refractivity contribution in [2.75, 3.05) is 32.1 Å². The minimum absolute atomic E-state index is 0.171. The lowest BCUT2D eigenvalue weighted by molar-refractivity contribution is 0.504. The lowest BCUT2D eigenvalue weighted by atomic mass is 10.1. The van der Waals surface area contributed by atoms with E-state index in [4.69, 9.17) is 0 Å². The minimum Gasteiger partial charge on any atom is -0.341 e. The highest BCUT2D eigenvalue weighted by molar-refractivity contribution is 7.87. The summed E-state index contributed by atoms with van der Waals surface area (Å²) in [6.45, 7) is 4.00. The van der Waals surface area contributed by atoms with Crippen molar-refractivity contribution < 1.29 is 8.42 Å². The van der Waals surface area contributed by atoms with Gasteiger partial charge in [-0.3, -0.25) is 0 Å². The number of anilines is 1. The van der Waals surface area contributed by atoms with Crippen LogP contribution in [0.1, 0.15) is 30.7 Å². The molecule has 0 spiro atoms. The molecule has 1 aromatic rings. The monoisotopic (exact) mass is 313 g/mol. The number of rotatable bonds is 5. The second-order valence-corrected chi connectivity index (χ2v) is 7.43. The second-order valence-electron chi connectivity index (χ2n) is 5.46. The van der Waals surface area contributed by atoms with Crippen molar-refractivity contribution in [3.8, 4) is 0 Å². The SMILES string of the molecule is Cc1cc(CNS(=O)(=O)N(C)C)nc(N2CCCCC2)n1. The van der Waals surface area contributed by atoms with E-state index in [1.54, 1.807) is 0 Å². The Morgan fingerprint density at radius 1 is 1.24 bits per heavy atom. The molecule has 1 N–H and O–H groups in total. The van der Waals surface area contributed by atoms with Crippen LogP contribution in [0, 0.1) is 6.92 Å². The number of aryl methyl sites for hydroxylation is 1. The summed E-state index contributed by atoms with van der Waals surface area (Å²) in [5, 5.41) is 0. The average molecular weight is 313 g/mol. The molecule has 8 heteroatoms. The molecule has 1 saturated heterocycles. The lowest BCUT2D eigenvalue weighted by Crippen LogP contribution is -2.35. The third-order valence-electron chi connectivity index (χ3n) is 3.45. The molecule has 0 aliphatic carbocycles. The molecule has 118 valence electrons. The smallest absolute Gasteiger partial charge is 0.279 e. The molecule has 21 heavy (non-hydrogen) atoms. The fourth-order valence-electron chi connectivity index (χ4n) is 2.24. The number of hydrogen-bond acceptors (Lipinski definition) is 5. The van der Waals surface area contributed by atoms with Gasteiger partial charge in [0.15, 0.2) is 0 Å². The van der Waals surface area contributed by atoms with Crippen molar-refractivity contribution in [1.29, 1.82) is 0 Å². The largest absolute Gasteiger partial charge is 0.341 e. The quantitative estimate of drug-likeness (QED) is 0.864. The van der Waals surface area contributed by atoms with E-state index in [1.807, 2.05) is 13.0 Å². The van der Waals surface area contributed by atoms with Crippen LogP contribution < -0.4 is 9.62 Å². The first kappa shape index (κ1) is 16.1. The summed E-state index contributed by atoms with van der Waals surface area (Å²) in [4.78, 5) is 11.1. The summed E-state index contributed by atoms with van der Waals surface area (Å²) in [5.41, 5.74) is 1.54. The summed E-state index contributed by atoms with van der Waals surface area (Å²) in [7, 11) is -0.452. The van der Waals surface area contributed by atoms with E-state index in [1.165, 1.54) is 20.5 Å². The van der Waals surface area contributed by atoms with Gasteiger partial charge in [-0.15, -0.1) is 0 Å². The van der Waals surface area contributed by atoms with Gasteiger partial charge in [0.2, 0.25) is 5.95 Å². The van der Waals surface area contributed by atoms with Crippen LogP contribution in [0.2, 0.25) is 0 Å². The summed E-state index contributed by atoms with van der Waals surface area (Å²) < 4.78 is 27.1. The molecule has 1 aliphatic heterocycles. The van der Waals surface area contributed by atoms with Gasteiger partial charge in [-0.25, -0.2) is 9.97 Å². The van der Waals surface area contributed by atoms with E-state index < -0.39 is 10.2 Å². The molecule has 2 rings (SSSR count). The molecule has 0 bridgehead atoms. The van der Waals surface area contributed by atoms with Crippen LogP contribution in [0.25, 0.3) is 0 Å². The predicted octanol–water partition coefficient (Wildman–Crippen LogP) is 0.671. The molecule has 1 aromatic heterocycles. The molecule has 7 nitrogen and oxygen atoms in total. The highest BCUT2D eigenvalue weighted by Crippen LogP contribution is 2.16. The maximum atomic E-state index is 11.7. The Morgan fingerprint density at radius 2 is 1.90 bits per heavy atom. The van der Waals surface area contributed by atoms with Gasteiger partial charge in [0.05, 0.1) is 12.2 Å². The number of hydrogen-bond donors (Lipinski definition) is 1. The van der Waals surface area contributed by atoms with Crippen LogP contribution in [0.15, 0.2) is 6.07 Å². The highest BCUT2D eigenvalue weighted by atomic mass is 32.2. The Hall–Kier alpha value is -1.25. The van der Waals surface area contributed by atoms with Crippen LogP contribution in [-0.2, 0) is 16.8 Å². The first-order chi connectivity index (χ1) is 9.88. The van der Waals surface area contributed by atoms with Gasteiger partial charge in [-0.05, 0) is 32.3 Å². The number of nitrogens with zero attached hydrogens (tertiary/aromatic N) is 4. The molecule has 1 aliphatic rings. The summed E-state index contributed by atoms with van der Waals surface area (Å²) in [6.07, 6.45) is 3.55. The Bertz CT molecular complexity index is 582. The molecule has 0 radical (unpaired) electrons. The average Bonchev–Trinajstić information content (AvgIpc) is 2.45. The molecule has 0 aromatic carbocycles. The molecule has 2 heterocycles. The van der Waals surface area contributed by atoms with Crippen molar-refractivity contribution in [2.45, 2.75) is 32.7 Å². The first-order valence-corrected chi connectivity index (χ1v) is 8.59. The van der Waals surface area contributed by atoms with Gasteiger partial charge in [-0.1, -0.05) is 0 Å². The Labute approximate surface area is 126 Å². The van der Waals surface area contributed by atoms with Crippen LogP contribution in [-0.4, -0.2) is 49.9 Å². The number of piperidine rings is 1. The number of aromatic nitrogens is 2. The molecule has 0 amide bonds. The maximum Gasteiger partial charge on any atom is 0.279 e. The van der Waals surface area contributed by atoms with Crippen molar-refractivity contribution >= 4 is 16.2 Å². The van der Waals surface area contributed by atoms with Crippen LogP contribution in [0.4, 0.5) is 5.95 Å². The summed E-state index contributed by atoms with van der Waals surface area (Å²) >= 11 is 0. The zero-order valence-electron chi connectivity index (χ0n) is 12.8. The molecule has 1 fully saturated rings. The summed E-state index contributed by atoms with van der Waals surface area (Å²) in [6, 6.07) is 1.81. The zero-order valence-corrected chi connectivity index (χ0v) is 13.7. The van der Waals surface area contributed by atoms with Crippen molar-refractivity contribution in [3.05, 3.63) is 17.5 Å². The van der Waals surface area contributed by atoms with E-state index >= 15 is 0 Å². The number of nitrogens with one attached hydrogen (secondary N) is 1. The zero-order chi connectivity index (χ0) is 15.5.